The lowest BCUT2D eigenvalue weighted by molar-refractivity contribution is 0.317. The minimum absolute atomic E-state index is 0.201. The molecule has 3 heteroatoms. The maximum Gasteiger partial charge on any atom is 0.161 e. The highest BCUT2D eigenvalue weighted by molar-refractivity contribution is 5.42. The summed E-state index contributed by atoms with van der Waals surface area (Å²) in [6, 6.07) is 14.6. The molecule has 2 N–H and O–H groups in total. The van der Waals surface area contributed by atoms with Crippen molar-refractivity contribution in [2.75, 3.05) is 6.61 Å². The van der Waals surface area contributed by atoms with Crippen molar-refractivity contribution in [3.05, 3.63) is 59.2 Å². The Morgan fingerprint density at radius 3 is 2.95 bits per heavy atom. The molecule has 2 aromatic carbocycles. The van der Waals surface area contributed by atoms with E-state index in [0.29, 0.717) is 18.4 Å². The number of fused-ring (bicyclic) bond motifs is 1. The van der Waals surface area contributed by atoms with Crippen molar-refractivity contribution in [2.24, 2.45) is 0 Å². The quantitative estimate of drug-likeness (QED) is 0.881. The molecule has 0 aliphatic heterocycles. The summed E-state index contributed by atoms with van der Waals surface area (Å²) in [6.45, 7) is 3.25. The number of aromatic hydroxyl groups is 1. The molecule has 0 spiro atoms. The molecule has 0 saturated carbocycles. The van der Waals surface area contributed by atoms with Gasteiger partial charge < -0.3 is 15.2 Å². The zero-order valence-electron chi connectivity index (χ0n) is 12.3. The Morgan fingerprint density at radius 2 is 2.10 bits per heavy atom. The van der Waals surface area contributed by atoms with Gasteiger partial charge >= 0.3 is 0 Å². The highest BCUT2D eigenvalue weighted by atomic mass is 16.5. The third kappa shape index (κ3) is 3.03. The summed E-state index contributed by atoms with van der Waals surface area (Å²) in [7, 11) is 0. The Bertz CT molecular complexity index is 624. The van der Waals surface area contributed by atoms with E-state index in [9.17, 15) is 5.11 Å². The van der Waals surface area contributed by atoms with E-state index in [2.05, 4.69) is 29.6 Å². The Kier molecular flexibility index (Phi) is 4.11. The van der Waals surface area contributed by atoms with Crippen LogP contribution < -0.4 is 10.1 Å². The van der Waals surface area contributed by atoms with E-state index in [0.717, 1.165) is 24.9 Å². The molecule has 1 unspecified atom stereocenters. The largest absolute Gasteiger partial charge is 0.504 e. The third-order valence-electron chi connectivity index (χ3n) is 4.01. The molecule has 0 fully saturated rings. The lowest BCUT2D eigenvalue weighted by Gasteiger charge is -2.15. The molecular formula is C18H21NO2. The van der Waals surface area contributed by atoms with Gasteiger partial charge in [0, 0.05) is 12.6 Å². The molecule has 2 aromatic rings. The predicted molar refractivity (Wildman–Crippen MR) is 83.6 cm³/mol. The lowest BCUT2D eigenvalue weighted by Crippen LogP contribution is -2.18. The molecule has 1 aliphatic rings. The number of rotatable bonds is 5. The van der Waals surface area contributed by atoms with Crippen LogP contribution in [0.25, 0.3) is 0 Å². The van der Waals surface area contributed by atoms with Crippen molar-refractivity contribution in [2.45, 2.75) is 32.4 Å². The molecular weight excluding hydrogens is 262 g/mol. The van der Waals surface area contributed by atoms with Crippen LogP contribution >= 0.6 is 0 Å². The summed E-state index contributed by atoms with van der Waals surface area (Å²) in [5.41, 5.74) is 4.00. The number of phenolic OH excluding ortho intramolecular Hbond substituents is 1. The van der Waals surface area contributed by atoms with Crippen molar-refractivity contribution < 1.29 is 9.84 Å². The Labute approximate surface area is 125 Å². The number of hydrogen-bond donors (Lipinski definition) is 2. The number of nitrogens with one attached hydrogen (secondary N) is 1. The highest BCUT2D eigenvalue weighted by Gasteiger charge is 2.21. The minimum atomic E-state index is 0.201. The van der Waals surface area contributed by atoms with Crippen LogP contribution in [0.5, 0.6) is 11.5 Å². The highest BCUT2D eigenvalue weighted by Crippen LogP contribution is 2.31. The SMILES string of the molecule is CCOc1cc(CNC2CCc3ccccc32)ccc1O. The monoisotopic (exact) mass is 283 g/mol. The Morgan fingerprint density at radius 1 is 1.24 bits per heavy atom. The summed E-state index contributed by atoms with van der Waals surface area (Å²) in [5, 5.41) is 13.3. The zero-order valence-corrected chi connectivity index (χ0v) is 12.3. The fourth-order valence-corrected chi connectivity index (χ4v) is 2.95. The number of hydrogen-bond acceptors (Lipinski definition) is 3. The first-order valence-electron chi connectivity index (χ1n) is 7.54. The Hall–Kier alpha value is -2.00. The molecule has 0 heterocycles. The van der Waals surface area contributed by atoms with Crippen LogP contribution in [0.1, 0.15) is 36.1 Å². The average Bonchev–Trinajstić information content (AvgIpc) is 2.92. The molecule has 3 rings (SSSR count). The van der Waals surface area contributed by atoms with E-state index in [4.69, 9.17) is 4.74 Å². The molecule has 21 heavy (non-hydrogen) atoms. The molecule has 110 valence electrons. The van der Waals surface area contributed by atoms with E-state index < -0.39 is 0 Å². The van der Waals surface area contributed by atoms with Gasteiger partial charge in [0.05, 0.1) is 6.61 Å². The predicted octanol–water partition coefficient (Wildman–Crippen LogP) is 3.57. The normalized spacial score (nSPS) is 16.7. The van der Waals surface area contributed by atoms with Gasteiger partial charge in [0.25, 0.3) is 0 Å². The van der Waals surface area contributed by atoms with Crippen LogP contribution in [-0.2, 0) is 13.0 Å². The van der Waals surface area contributed by atoms with Gasteiger partial charge in [-0.25, -0.2) is 0 Å². The van der Waals surface area contributed by atoms with Gasteiger partial charge in [0.15, 0.2) is 11.5 Å². The smallest absolute Gasteiger partial charge is 0.161 e. The van der Waals surface area contributed by atoms with Crippen LogP contribution in [0.2, 0.25) is 0 Å². The zero-order chi connectivity index (χ0) is 14.7. The summed E-state index contributed by atoms with van der Waals surface area (Å²) >= 11 is 0. The molecule has 3 nitrogen and oxygen atoms in total. The number of aryl methyl sites for hydroxylation is 1. The molecule has 0 saturated heterocycles. The van der Waals surface area contributed by atoms with Crippen molar-refractivity contribution in [3.8, 4) is 11.5 Å². The fraction of sp³-hybridized carbons (Fsp3) is 0.333. The molecule has 0 bridgehead atoms. The summed E-state index contributed by atoms with van der Waals surface area (Å²) in [6.07, 6.45) is 2.30. The average molecular weight is 283 g/mol. The van der Waals surface area contributed by atoms with Crippen LogP contribution in [0.15, 0.2) is 42.5 Å². The molecule has 0 amide bonds. The standard InChI is InChI=1S/C18H21NO2/c1-2-21-18-11-13(7-10-17(18)20)12-19-16-9-8-14-5-3-4-6-15(14)16/h3-7,10-11,16,19-20H,2,8-9,12H2,1H3. The van der Waals surface area contributed by atoms with E-state index in [-0.39, 0.29) is 5.75 Å². The van der Waals surface area contributed by atoms with E-state index >= 15 is 0 Å². The second-order valence-electron chi connectivity index (χ2n) is 5.41. The van der Waals surface area contributed by atoms with Gasteiger partial charge in [-0.3, -0.25) is 0 Å². The van der Waals surface area contributed by atoms with Crippen molar-refractivity contribution in [1.29, 1.82) is 0 Å². The minimum Gasteiger partial charge on any atom is -0.504 e. The summed E-state index contributed by atoms with van der Waals surface area (Å²) in [4.78, 5) is 0. The summed E-state index contributed by atoms with van der Waals surface area (Å²) in [5.74, 6) is 0.760. The Balaban J connectivity index is 1.67. The van der Waals surface area contributed by atoms with Crippen molar-refractivity contribution in [3.63, 3.8) is 0 Å². The van der Waals surface area contributed by atoms with Crippen LogP contribution in [0, 0.1) is 0 Å². The van der Waals surface area contributed by atoms with Crippen LogP contribution in [0.4, 0.5) is 0 Å². The van der Waals surface area contributed by atoms with Gasteiger partial charge in [-0.05, 0) is 48.6 Å². The van der Waals surface area contributed by atoms with Gasteiger partial charge in [-0.1, -0.05) is 30.3 Å². The van der Waals surface area contributed by atoms with Gasteiger partial charge in [0.2, 0.25) is 0 Å². The second-order valence-corrected chi connectivity index (χ2v) is 5.41. The van der Waals surface area contributed by atoms with E-state index in [1.807, 2.05) is 19.1 Å². The van der Waals surface area contributed by atoms with Crippen LogP contribution in [-0.4, -0.2) is 11.7 Å². The maximum atomic E-state index is 9.73. The van der Waals surface area contributed by atoms with Crippen molar-refractivity contribution in [1.82, 2.24) is 5.32 Å². The first-order valence-corrected chi connectivity index (χ1v) is 7.54. The second kappa shape index (κ2) is 6.19. The number of ether oxygens (including phenoxy) is 1. The summed E-state index contributed by atoms with van der Waals surface area (Å²) < 4.78 is 5.43. The fourth-order valence-electron chi connectivity index (χ4n) is 2.95. The maximum absolute atomic E-state index is 9.73. The first kappa shape index (κ1) is 14.0. The molecule has 0 radical (unpaired) electrons. The van der Waals surface area contributed by atoms with Gasteiger partial charge in [0.1, 0.15) is 0 Å². The topological polar surface area (TPSA) is 41.5 Å². The van der Waals surface area contributed by atoms with Crippen molar-refractivity contribution >= 4 is 0 Å². The number of phenols is 1. The first-order chi connectivity index (χ1) is 10.3. The van der Waals surface area contributed by atoms with Crippen LogP contribution in [0.3, 0.4) is 0 Å². The number of benzene rings is 2. The van der Waals surface area contributed by atoms with E-state index in [1.165, 1.54) is 11.1 Å². The van der Waals surface area contributed by atoms with E-state index in [1.54, 1.807) is 6.07 Å². The lowest BCUT2D eigenvalue weighted by atomic mass is 10.1. The third-order valence-corrected chi connectivity index (χ3v) is 4.01. The van der Waals surface area contributed by atoms with Gasteiger partial charge in [-0.2, -0.15) is 0 Å². The molecule has 1 aliphatic carbocycles. The van der Waals surface area contributed by atoms with Gasteiger partial charge in [-0.15, -0.1) is 0 Å². The molecule has 1 atom stereocenters. The molecule has 0 aromatic heterocycles.